The Morgan fingerprint density at radius 3 is 2.80 bits per heavy atom. The van der Waals surface area contributed by atoms with Gasteiger partial charge in [-0.05, 0) is 43.0 Å². The van der Waals surface area contributed by atoms with Crippen LogP contribution < -0.4 is 4.74 Å². The lowest BCUT2D eigenvalue weighted by Gasteiger charge is -2.35. The third kappa shape index (κ3) is 3.99. The average molecular weight is 336 g/mol. The van der Waals surface area contributed by atoms with Crippen LogP contribution in [0.1, 0.15) is 45.4 Å². The topological polar surface area (TPSA) is 33.0 Å². The lowest BCUT2D eigenvalue weighted by atomic mass is 9.68. The van der Waals surface area contributed by atoms with Crippen LogP contribution in [0.15, 0.2) is 28.7 Å². The van der Waals surface area contributed by atoms with Crippen molar-refractivity contribution in [3.63, 3.8) is 0 Å². The molecule has 3 heteroatoms. The Kier molecular flexibility index (Phi) is 5.48. The van der Waals surface area contributed by atoms with Crippen molar-refractivity contribution in [3.05, 3.63) is 28.7 Å². The van der Waals surface area contributed by atoms with E-state index in [9.17, 15) is 5.26 Å². The highest BCUT2D eigenvalue weighted by atomic mass is 79.9. The van der Waals surface area contributed by atoms with Gasteiger partial charge in [-0.3, -0.25) is 0 Å². The molecule has 108 valence electrons. The molecule has 1 fully saturated rings. The maximum atomic E-state index is 9.58. The molecule has 1 aromatic rings. The van der Waals surface area contributed by atoms with E-state index in [1.807, 2.05) is 24.3 Å². The number of ether oxygens (including phenoxy) is 1. The minimum absolute atomic E-state index is 0.158. The van der Waals surface area contributed by atoms with Crippen molar-refractivity contribution >= 4 is 15.9 Å². The first-order valence-electron chi connectivity index (χ1n) is 7.47. The molecule has 1 aliphatic rings. The fraction of sp³-hybridized carbons (Fsp3) is 0.588. The second-order valence-corrected chi connectivity index (χ2v) is 6.73. The molecule has 0 bridgehead atoms. The summed E-state index contributed by atoms with van der Waals surface area (Å²) >= 11 is 3.41. The summed E-state index contributed by atoms with van der Waals surface area (Å²) < 4.78 is 6.84. The Bertz CT molecular complexity index is 465. The summed E-state index contributed by atoms with van der Waals surface area (Å²) in [5, 5.41) is 9.58. The molecule has 2 unspecified atom stereocenters. The van der Waals surface area contributed by atoms with Crippen molar-refractivity contribution in [2.45, 2.75) is 45.4 Å². The Morgan fingerprint density at radius 2 is 2.15 bits per heavy atom. The second-order valence-electron chi connectivity index (χ2n) is 5.82. The van der Waals surface area contributed by atoms with Crippen molar-refractivity contribution in [3.8, 4) is 11.8 Å². The fourth-order valence-corrected chi connectivity index (χ4v) is 3.38. The zero-order valence-electron chi connectivity index (χ0n) is 12.1. The van der Waals surface area contributed by atoms with Crippen molar-refractivity contribution < 1.29 is 4.74 Å². The molecular weight excluding hydrogens is 314 g/mol. The van der Waals surface area contributed by atoms with E-state index < -0.39 is 0 Å². The molecule has 2 atom stereocenters. The SMILES string of the molecule is CCC1CCCC(C#N)(CCOc2ccc(Br)cc2)C1. The number of rotatable bonds is 5. The van der Waals surface area contributed by atoms with Crippen LogP contribution in [0, 0.1) is 22.7 Å². The van der Waals surface area contributed by atoms with Crippen LogP contribution in [-0.2, 0) is 0 Å². The molecule has 0 aromatic heterocycles. The molecule has 0 saturated heterocycles. The number of nitriles is 1. The monoisotopic (exact) mass is 335 g/mol. The number of hydrogen-bond acceptors (Lipinski definition) is 2. The summed E-state index contributed by atoms with van der Waals surface area (Å²) in [5.41, 5.74) is -0.158. The predicted octanol–water partition coefficient (Wildman–Crippen LogP) is 5.33. The highest BCUT2D eigenvalue weighted by Crippen LogP contribution is 2.42. The van der Waals surface area contributed by atoms with E-state index >= 15 is 0 Å². The molecule has 0 amide bonds. The highest BCUT2D eigenvalue weighted by Gasteiger charge is 2.35. The molecular formula is C17H22BrNO. The molecule has 1 aromatic carbocycles. The molecule has 2 nitrogen and oxygen atoms in total. The maximum absolute atomic E-state index is 9.58. The summed E-state index contributed by atoms with van der Waals surface area (Å²) in [7, 11) is 0. The minimum atomic E-state index is -0.158. The summed E-state index contributed by atoms with van der Waals surface area (Å²) in [6, 6.07) is 10.5. The van der Waals surface area contributed by atoms with Gasteiger partial charge >= 0.3 is 0 Å². The van der Waals surface area contributed by atoms with Gasteiger partial charge in [0.25, 0.3) is 0 Å². The predicted molar refractivity (Wildman–Crippen MR) is 84.5 cm³/mol. The lowest BCUT2D eigenvalue weighted by Crippen LogP contribution is -2.29. The zero-order chi connectivity index (χ0) is 14.4. The summed E-state index contributed by atoms with van der Waals surface area (Å²) in [6.45, 7) is 2.86. The van der Waals surface area contributed by atoms with Crippen LogP contribution in [0.3, 0.4) is 0 Å². The first-order valence-corrected chi connectivity index (χ1v) is 8.26. The lowest BCUT2D eigenvalue weighted by molar-refractivity contribution is 0.152. The minimum Gasteiger partial charge on any atom is -0.494 e. The number of hydrogen-bond donors (Lipinski definition) is 0. The highest BCUT2D eigenvalue weighted by molar-refractivity contribution is 9.10. The van der Waals surface area contributed by atoms with Gasteiger partial charge in [0.05, 0.1) is 18.1 Å². The first kappa shape index (κ1) is 15.4. The second kappa shape index (κ2) is 7.13. The van der Waals surface area contributed by atoms with E-state index in [0.717, 1.165) is 35.4 Å². The van der Waals surface area contributed by atoms with Crippen molar-refractivity contribution in [1.82, 2.24) is 0 Å². The fourth-order valence-electron chi connectivity index (χ4n) is 3.11. The summed E-state index contributed by atoms with van der Waals surface area (Å²) in [4.78, 5) is 0. The van der Waals surface area contributed by atoms with Gasteiger partial charge in [-0.1, -0.05) is 42.1 Å². The van der Waals surface area contributed by atoms with Crippen LogP contribution in [-0.4, -0.2) is 6.61 Å². The van der Waals surface area contributed by atoms with E-state index in [-0.39, 0.29) is 5.41 Å². The van der Waals surface area contributed by atoms with E-state index in [0.29, 0.717) is 6.61 Å². The molecule has 1 aliphatic carbocycles. The molecule has 1 saturated carbocycles. The van der Waals surface area contributed by atoms with Gasteiger partial charge < -0.3 is 4.74 Å². The van der Waals surface area contributed by atoms with Gasteiger partial charge in [-0.2, -0.15) is 5.26 Å². The van der Waals surface area contributed by atoms with Crippen molar-refractivity contribution in [2.24, 2.45) is 11.3 Å². The third-order valence-corrected chi connectivity index (χ3v) is 4.95. The third-order valence-electron chi connectivity index (χ3n) is 4.42. The number of benzene rings is 1. The van der Waals surface area contributed by atoms with Crippen LogP contribution in [0.4, 0.5) is 0 Å². The summed E-state index contributed by atoms with van der Waals surface area (Å²) in [6.07, 6.45) is 6.58. The molecule has 0 aliphatic heterocycles. The van der Waals surface area contributed by atoms with Crippen LogP contribution in [0.5, 0.6) is 5.75 Å². The maximum Gasteiger partial charge on any atom is 0.119 e. The quantitative estimate of drug-likeness (QED) is 0.728. The van der Waals surface area contributed by atoms with Crippen LogP contribution in [0.25, 0.3) is 0 Å². The van der Waals surface area contributed by atoms with E-state index in [1.165, 1.54) is 19.3 Å². The van der Waals surface area contributed by atoms with Crippen LogP contribution in [0.2, 0.25) is 0 Å². The molecule has 2 rings (SSSR count). The van der Waals surface area contributed by atoms with Gasteiger partial charge in [0.1, 0.15) is 5.75 Å². The van der Waals surface area contributed by atoms with Gasteiger partial charge in [0.2, 0.25) is 0 Å². The number of halogens is 1. The van der Waals surface area contributed by atoms with Gasteiger partial charge in [0.15, 0.2) is 0 Å². The number of nitrogens with zero attached hydrogens (tertiary/aromatic N) is 1. The molecule has 0 radical (unpaired) electrons. The average Bonchev–Trinajstić information content (AvgIpc) is 2.49. The molecule has 20 heavy (non-hydrogen) atoms. The van der Waals surface area contributed by atoms with E-state index in [2.05, 4.69) is 28.9 Å². The summed E-state index contributed by atoms with van der Waals surface area (Å²) in [5.74, 6) is 1.60. The van der Waals surface area contributed by atoms with Crippen molar-refractivity contribution in [1.29, 1.82) is 5.26 Å². The Labute approximate surface area is 130 Å². The standard InChI is InChI=1S/C17H22BrNO/c1-2-14-4-3-9-17(12-14,13-19)10-11-20-16-7-5-15(18)6-8-16/h5-8,14H,2-4,9-12H2,1H3. The van der Waals surface area contributed by atoms with Gasteiger partial charge in [-0.15, -0.1) is 0 Å². The van der Waals surface area contributed by atoms with Gasteiger partial charge in [-0.25, -0.2) is 0 Å². The Morgan fingerprint density at radius 1 is 1.40 bits per heavy atom. The largest absolute Gasteiger partial charge is 0.494 e. The normalized spacial score (nSPS) is 25.9. The van der Waals surface area contributed by atoms with E-state index in [1.54, 1.807) is 0 Å². The molecule has 0 spiro atoms. The molecule has 0 heterocycles. The molecule has 0 N–H and O–H groups in total. The van der Waals surface area contributed by atoms with Crippen molar-refractivity contribution in [2.75, 3.05) is 6.61 Å². The van der Waals surface area contributed by atoms with E-state index in [4.69, 9.17) is 4.74 Å². The Hall–Kier alpha value is -1.01. The zero-order valence-corrected chi connectivity index (χ0v) is 13.7. The Balaban J connectivity index is 1.87. The first-order chi connectivity index (χ1) is 9.67. The van der Waals surface area contributed by atoms with Gasteiger partial charge in [0, 0.05) is 10.9 Å². The van der Waals surface area contributed by atoms with Crippen LogP contribution >= 0.6 is 15.9 Å². The smallest absolute Gasteiger partial charge is 0.119 e.